The molecule has 0 saturated carbocycles. The van der Waals surface area contributed by atoms with E-state index >= 15 is 0 Å². The first-order valence-electron chi connectivity index (χ1n) is 8.91. The van der Waals surface area contributed by atoms with Crippen molar-refractivity contribution in [3.8, 4) is 0 Å². The van der Waals surface area contributed by atoms with Gasteiger partial charge in [-0.1, -0.05) is 53.7 Å². The Morgan fingerprint density at radius 3 is 2.07 bits per heavy atom. The highest BCUT2D eigenvalue weighted by Gasteiger charge is 2.54. The van der Waals surface area contributed by atoms with E-state index in [9.17, 15) is 9.59 Å². The molecule has 4 rings (SSSR count). The zero-order valence-corrected chi connectivity index (χ0v) is 16.2. The van der Waals surface area contributed by atoms with Crippen molar-refractivity contribution in [2.75, 3.05) is 0 Å². The predicted molar refractivity (Wildman–Crippen MR) is 104 cm³/mol. The summed E-state index contributed by atoms with van der Waals surface area (Å²) in [7, 11) is 0. The average molecular weight is 397 g/mol. The fourth-order valence-electron chi connectivity index (χ4n) is 3.21. The van der Waals surface area contributed by atoms with Gasteiger partial charge in [-0.2, -0.15) is 0 Å². The minimum absolute atomic E-state index is 0.379. The summed E-state index contributed by atoms with van der Waals surface area (Å²) in [6.07, 6.45) is -0.823. The number of benzene rings is 2. The second kappa shape index (κ2) is 7.31. The fourth-order valence-corrected chi connectivity index (χ4v) is 4.45. The number of nitrogens with zero attached hydrogens (tertiary/aromatic N) is 1. The molecule has 7 heteroatoms. The maximum absolute atomic E-state index is 12.6. The van der Waals surface area contributed by atoms with Crippen LogP contribution in [-0.4, -0.2) is 34.8 Å². The summed E-state index contributed by atoms with van der Waals surface area (Å²) in [4.78, 5) is 31.8. The molecule has 2 aliphatic heterocycles. The Morgan fingerprint density at radius 2 is 1.46 bits per heavy atom. The molecule has 0 N–H and O–H groups in total. The molecule has 1 fully saturated rings. The van der Waals surface area contributed by atoms with Crippen molar-refractivity contribution in [3.05, 3.63) is 66.2 Å². The van der Waals surface area contributed by atoms with Gasteiger partial charge in [0.05, 0.1) is 5.25 Å². The molecule has 6 nitrogen and oxygen atoms in total. The SMILES string of the molecule is CC1(C)OC(=O)C([C@H]2ON=C(c3ccccc3)[C@@H]2Sc2ccccc2)C(=O)O1. The molecule has 0 unspecified atom stereocenters. The average Bonchev–Trinajstić information content (AvgIpc) is 3.05. The van der Waals surface area contributed by atoms with Gasteiger partial charge in [0.2, 0.25) is 0 Å². The van der Waals surface area contributed by atoms with E-state index in [1.807, 2.05) is 60.7 Å². The highest BCUT2D eigenvalue weighted by Crippen LogP contribution is 2.39. The van der Waals surface area contributed by atoms with Crippen LogP contribution >= 0.6 is 11.8 Å². The Labute approximate surface area is 166 Å². The molecule has 2 heterocycles. The Morgan fingerprint density at radius 1 is 0.893 bits per heavy atom. The van der Waals surface area contributed by atoms with Gasteiger partial charge in [0.15, 0.2) is 12.0 Å². The minimum atomic E-state index is -1.28. The molecule has 1 saturated heterocycles. The standard InChI is InChI=1S/C21H19NO5S/c1-21(2)25-19(23)15(20(24)26-21)17-18(28-14-11-7-4-8-12-14)16(22-27-17)13-9-5-3-6-10-13/h3-12,15,17-18H,1-2H3/t17-,18+/m1/s1. The molecule has 2 atom stereocenters. The van der Waals surface area contributed by atoms with Crippen molar-refractivity contribution in [2.24, 2.45) is 11.1 Å². The van der Waals surface area contributed by atoms with Crippen LogP contribution in [0.4, 0.5) is 0 Å². The second-order valence-corrected chi connectivity index (χ2v) is 8.20. The van der Waals surface area contributed by atoms with Crippen molar-refractivity contribution >= 4 is 29.4 Å². The van der Waals surface area contributed by atoms with Gasteiger partial charge in [-0.15, -0.1) is 11.8 Å². The number of thioether (sulfide) groups is 1. The molecule has 28 heavy (non-hydrogen) atoms. The van der Waals surface area contributed by atoms with E-state index in [4.69, 9.17) is 14.3 Å². The Bertz CT molecular complexity index is 893. The van der Waals surface area contributed by atoms with E-state index in [0.29, 0.717) is 5.71 Å². The highest BCUT2D eigenvalue weighted by molar-refractivity contribution is 8.00. The van der Waals surface area contributed by atoms with Crippen LogP contribution in [-0.2, 0) is 23.9 Å². The van der Waals surface area contributed by atoms with Gasteiger partial charge in [0.1, 0.15) is 5.71 Å². The van der Waals surface area contributed by atoms with Crippen molar-refractivity contribution in [1.29, 1.82) is 0 Å². The number of cyclic esters (lactones) is 2. The molecule has 0 radical (unpaired) electrons. The summed E-state index contributed by atoms with van der Waals surface area (Å²) in [5.74, 6) is -3.79. The first-order chi connectivity index (χ1) is 13.4. The van der Waals surface area contributed by atoms with Crippen LogP contribution in [0.25, 0.3) is 0 Å². The Kier molecular flexibility index (Phi) is 4.85. The van der Waals surface area contributed by atoms with Crippen LogP contribution in [0.15, 0.2) is 70.7 Å². The topological polar surface area (TPSA) is 74.2 Å². The third kappa shape index (κ3) is 3.62. The van der Waals surface area contributed by atoms with Crippen LogP contribution in [0.1, 0.15) is 19.4 Å². The smallest absolute Gasteiger partial charge is 0.327 e. The molecule has 2 aromatic rings. The van der Waals surface area contributed by atoms with Gasteiger partial charge < -0.3 is 14.3 Å². The quantitative estimate of drug-likeness (QED) is 0.582. The number of oxime groups is 1. The number of carbonyl (C=O) groups excluding carboxylic acids is 2. The third-order valence-electron chi connectivity index (χ3n) is 4.45. The highest BCUT2D eigenvalue weighted by atomic mass is 32.2. The largest absolute Gasteiger partial charge is 0.422 e. The normalized spacial score (nSPS) is 24.1. The lowest BCUT2D eigenvalue weighted by molar-refractivity contribution is -0.245. The van der Waals surface area contributed by atoms with E-state index in [1.165, 1.54) is 25.6 Å². The summed E-state index contributed by atoms with van der Waals surface area (Å²) in [5.41, 5.74) is 1.54. The van der Waals surface area contributed by atoms with Crippen LogP contribution in [0, 0.1) is 5.92 Å². The van der Waals surface area contributed by atoms with Crippen LogP contribution in [0.5, 0.6) is 0 Å². The van der Waals surface area contributed by atoms with Crippen molar-refractivity contribution in [3.63, 3.8) is 0 Å². The molecule has 0 amide bonds. The van der Waals surface area contributed by atoms with E-state index in [-0.39, 0.29) is 5.25 Å². The number of hydrogen-bond donors (Lipinski definition) is 0. The van der Waals surface area contributed by atoms with Crippen molar-refractivity contribution in [2.45, 2.75) is 35.9 Å². The van der Waals surface area contributed by atoms with E-state index in [2.05, 4.69) is 5.16 Å². The lowest BCUT2D eigenvalue weighted by atomic mass is 9.94. The Hall–Kier alpha value is -2.80. The molecular formula is C21H19NO5S. The van der Waals surface area contributed by atoms with E-state index in [0.717, 1.165) is 10.5 Å². The van der Waals surface area contributed by atoms with Crippen LogP contribution in [0.3, 0.4) is 0 Å². The van der Waals surface area contributed by atoms with Gasteiger partial charge in [-0.05, 0) is 12.1 Å². The molecule has 144 valence electrons. The number of ether oxygens (including phenoxy) is 2. The van der Waals surface area contributed by atoms with Gasteiger partial charge >= 0.3 is 11.9 Å². The predicted octanol–water partition coefficient (Wildman–Crippen LogP) is 3.40. The summed E-state index contributed by atoms with van der Waals surface area (Å²) < 4.78 is 10.6. The lowest BCUT2D eigenvalue weighted by Gasteiger charge is -2.35. The minimum Gasteiger partial charge on any atom is -0.422 e. The first-order valence-corrected chi connectivity index (χ1v) is 9.79. The molecule has 0 aliphatic carbocycles. The van der Waals surface area contributed by atoms with Gasteiger partial charge in [-0.25, -0.2) is 0 Å². The summed E-state index contributed by atoms with van der Waals surface area (Å²) in [6, 6.07) is 19.3. The van der Waals surface area contributed by atoms with Gasteiger partial charge in [0.25, 0.3) is 5.79 Å². The summed E-state index contributed by atoms with van der Waals surface area (Å²) in [5, 5.41) is 3.85. The van der Waals surface area contributed by atoms with Crippen LogP contribution < -0.4 is 0 Å². The zero-order chi connectivity index (χ0) is 19.7. The molecular weight excluding hydrogens is 378 g/mol. The van der Waals surface area contributed by atoms with E-state index in [1.54, 1.807) is 0 Å². The second-order valence-electron chi connectivity index (χ2n) is 6.98. The fraction of sp³-hybridized carbons (Fsp3) is 0.286. The Balaban J connectivity index is 1.67. The van der Waals surface area contributed by atoms with Gasteiger partial charge in [0, 0.05) is 24.3 Å². The maximum atomic E-state index is 12.6. The van der Waals surface area contributed by atoms with Crippen LogP contribution in [0.2, 0.25) is 0 Å². The van der Waals surface area contributed by atoms with Gasteiger partial charge in [-0.3, -0.25) is 9.59 Å². The van der Waals surface area contributed by atoms with E-state index < -0.39 is 29.7 Å². The lowest BCUT2D eigenvalue weighted by Crippen LogP contribution is -2.52. The zero-order valence-electron chi connectivity index (χ0n) is 15.4. The summed E-state index contributed by atoms with van der Waals surface area (Å²) >= 11 is 1.49. The maximum Gasteiger partial charge on any atom is 0.327 e. The molecule has 2 aliphatic rings. The number of carbonyl (C=O) groups is 2. The molecule has 0 spiro atoms. The molecule has 0 aromatic heterocycles. The number of rotatable bonds is 4. The summed E-state index contributed by atoms with van der Waals surface area (Å²) in [6.45, 7) is 3.05. The number of esters is 2. The monoisotopic (exact) mass is 397 g/mol. The number of hydrogen-bond acceptors (Lipinski definition) is 7. The molecule has 0 bridgehead atoms. The molecule has 2 aromatic carbocycles. The van der Waals surface area contributed by atoms with Crippen molar-refractivity contribution in [1.82, 2.24) is 0 Å². The third-order valence-corrected chi connectivity index (χ3v) is 5.74. The first kappa shape index (κ1) is 18.6. The van der Waals surface area contributed by atoms with Crippen molar-refractivity contribution < 1.29 is 23.9 Å².